The third-order valence-electron chi connectivity index (χ3n) is 2.24. The second-order valence-corrected chi connectivity index (χ2v) is 4.55. The molecule has 0 saturated carbocycles. The number of rotatable bonds is 3. The van der Waals surface area contributed by atoms with Crippen LogP contribution in [0.1, 0.15) is 23.0 Å². The Balaban J connectivity index is 2.25. The maximum atomic E-state index is 11.2. The molecule has 0 radical (unpaired) electrons. The molecule has 0 bridgehead atoms. The maximum Gasteiger partial charge on any atom is 0.238 e. The monoisotopic (exact) mass is 294 g/mol. The van der Waals surface area contributed by atoms with Crippen molar-refractivity contribution in [2.24, 2.45) is 0 Å². The average Bonchev–Trinajstić information content (AvgIpc) is 2.67. The summed E-state index contributed by atoms with van der Waals surface area (Å²) in [5, 5.41) is 6.77. The number of Topliss-reactive ketones (excluding diaryl/α,β-unsaturated/α-hetero) is 1. The lowest BCUT2D eigenvalue weighted by Gasteiger charge is -2.05. The number of aromatic nitrogens is 2. The van der Waals surface area contributed by atoms with Crippen LogP contribution in [0.5, 0.6) is 11.6 Å². The molecule has 0 unspecified atom stereocenters. The number of carbonyl (C=O) groups is 1. The molecule has 2 aromatic rings. The molecule has 0 aliphatic heterocycles. The summed E-state index contributed by atoms with van der Waals surface area (Å²) in [5.41, 5.74) is 1.57. The van der Waals surface area contributed by atoms with Gasteiger partial charge in [0.25, 0.3) is 0 Å². The number of H-pyrrole nitrogens is 1. The minimum Gasteiger partial charge on any atom is -0.436 e. The Kier molecular flexibility index (Phi) is 3.28. The van der Waals surface area contributed by atoms with E-state index in [2.05, 4.69) is 26.1 Å². The predicted molar refractivity (Wildman–Crippen MR) is 67.5 cm³/mol. The Bertz CT molecular complexity index is 563. The van der Waals surface area contributed by atoms with E-state index in [0.717, 1.165) is 10.2 Å². The van der Waals surface area contributed by atoms with Crippen molar-refractivity contribution < 1.29 is 9.53 Å². The number of halogens is 1. The smallest absolute Gasteiger partial charge is 0.238 e. The highest BCUT2D eigenvalue weighted by Gasteiger charge is 2.08. The lowest BCUT2D eigenvalue weighted by molar-refractivity contribution is 0.101. The first kappa shape index (κ1) is 11.9. The van der Waals surface area contributed by atoms with Crippen molar-refractivity contribution in [1.29, 1.82) is 0 Å². The first-order valence-corrected chi connectivity index (χ1v) is 5.86. The number of hydrogen-bond donors (Lipinski definition) is 1. The first-order valence-electron chi connectivity index (χ1n) is 5.06. The fraction of sp³-hybridized carbons (Fsp3) is 0.167. The highest BCUT2D eigenvalue weighted by molar-refractivity contribution is 9.10. The van der Waals surface area contributed by atoms with Crippen LogP contribution in [0.3, 0.4) is 0 Å². The standard InChI is InChI=1S/C12H11BrN2O2/c1-7-5-12(15-14-7)17-11-4-3-9(8(2)16)6-10(11)13/h3-6H,1-2H3,(H,14,15). The molecule has 2 rings (SSSR count). The van der Waals surface area contributed by atoms with Crippen LogP contribution in [0.4, 0.5) is 0 Å². The van der Waals surface area contributed by atoms with Crippen LogP contribution < -0.4 is 4.74 Å². The number of aromatic amines is 1. The van der Waals surface area contributed by atoms with Gasteiger partial charge in [0, 0.05) is 17.3 Å². The van der Waals surface area contributed by atoms with Crippen LogP contribution in [0.2, 0.25) is 0 Å². The Morgan fingerprint density at radius 1 is 1.41 bits per heavy atom. The topological polar surface area (TPSA) is 55.0 Å². The van der Waals surface area contributed by atoms with Crippen molar-refractivity contribution in [3.63, 3.8) is 0 Å². The molecule has 0 aliphatic rings. The number of carbonyl (C=O) groups excluding carboxylic acids is 1. The molecular formula is C12H11BrN2O2. The first-order chi connectivity index (χ1) is 8.06. The van der Waals surface area contributed by atoms with Crippen molar-refractivity contribution in [2.75, 3.05) is 0 Å². The fourth-order valence-corrected chi connectivity index (χ4v) is 1.82. The molecule has 4 nitrogen and oxygen atoms in total. The summed E-state index contributed by atoms with van der Waals surface area (Å²) in [5.74, 6) is 1.15. The Labute approximate surface area is 107 Å². The molecule has 0 fully saturated rings. The van der Waals surface area contributed by atoms with Gasteiger partial charge in [-0.1, -0.05) is 0 Å². The predicted octanol–water partition coefficient (Wildman–Crippen LogP) is 3.48. The summed E-state index contributed by atoms with van der Waals surface area (Å²) in [6.45, 7) is 3.42. The molecule has 88 valence electrons. The molecule has 0 aliphatic carbocycles. The number of aryl methyl sites for hydroxylation is 1. The van der Waals surface area contributed by atoms with E-state index in [4.69, 9.17) is 4.74 Å². The van der Waals surface area contributed by atoms with E-state index in [-0.39, 0.29) is 5.78 Å². The van der Waals surface area contributed by atoms with Crippen molar-refractivity contribution in [3.8, 4) is 11.6 Å². The van der Waals surface area contributed by atoms with Gasteiger partial charge in [-0.05, 0) is 48.0 Å². The quantitative estimate of drug-likeness (QED) is 0.882. The van der Waals surface area contributed by atoms with Crippen LogP contribution in [0.25, 0.3) is 0 Å². The van der Waals surface area contributed by atoms with Gasteiger partial charge in [-0.25, -0.2) is 0 Å². The van der Waals surface area contributed by atoms with Crippen LogP contribution in [-0.4, -0.2) is 16.0 Å². The van der Waals surface area contributed by atoms with E-state index >= 15 is 0 Å². The highest BCUT2D eigenvalue weighted by atomic mass is 79.9. The van der Waals surface area contributed by atoms with Gasteiger partial charge in [-0.3, -0.25) is 9.89 Å². The molecule has 1 N–H and O–H groups in total. The largest absolute Gasteiger partial charge is 0.436 e. The number of nitrogens with one attached hydrogen (secondary N) is 1. The minimum atomic E-state index is 0.0212. The van der Waals surface area contributed by atoms with Gasteiger partial charge in [0.05, 0.1) is 4.47 Å². The Hall–Kier alpha value is -1.62. The van der Waals surface area contributed by atoms with Gasteiger partial charge < -0.3 is 4.74 Å². The van der Waals surface area contributed by atoms with Gasteiger partial charge >= 0.3 is 0 Å². The third-order valence-corrected chi connectivity index (χ3v) is 2.86. The number of hydrogen-bond acceptors (Lipinski definition) is 3. The molecule has 5 heteroatoms. The average molecular weight is 295 g/mol. The number of ketones is 1. The van der Waals surface area contributed by atoms with Crippen LogP contribution >= 0.6 is 15.9 Å². The Morgan fingerprint density at radius 3 is 2.71 bits per heavy atom. The summed E-state index contributed by atoms with van der Waals surface area (Å²) < 4.78 is 6.29. The van der Waals surface area contributed by atoms with Crippen LogP contribution in [-0.2, 0) is 0 Å². The van der Waals surface area contributed by atoms with Crippen LogP contribution in [0.15, 0.2) is 28.7 Å². The zero-order valence-corrected chi connectivity index (χ0v) is 11.0. The zero-order chi connectivity index (χ0) is 12.4. The van der Waals surface area contributed by atoms with E-state index in [9.17, 15) is 4.79 Å². The number of nitrogens with zero attached hydrogens (tertiary/aromatic N) is 1. The Morgan fingerprint density at radius 2 is 2.18 bits per heavy atom. The van der Waals surface area contributed by atoms with Gasteiger partial charge in [0.15, 0.2) is 5.78 Å². The van der Waals surface area contributed by atoms with Gasteiger partial charge in [0.1, 0.15) is 5.75 Å². The molecule has 0 saturated heterocycles. The summed E-state index contributed by atoms with van der Waals surface area (Å²) in [6.07, 6.45) is 0. The van der Waals surface area contributed by atoms with Gasteiger partial charge in [-0.15, -0.1) is 5.10 Å². The van der Waals surface area contributed by atoms with Crippen molar-refractivity contribution >= 4 is 21.7 Å². The summed E-state index contributed by atoms with van der Waals surface area (Å²) in [7, 11) is 0. The van der Waals surface area contributed by atoms with Crippen LogP contribution in [0, 0.1) is 6.92 Å². The van der Waals surface area contributed by atoms with Crippen molar-refractivity contribution in [2.45, 2.75) is 13.8 Å². The van der Waals surface area contributed by atoms with E-state index in [0.29, 0.717) is 17.2 Å². The molecular weight excluding hydrogens is 284 g/mol. The maximum absolute atomic E-state index is 11.2. The summed E-state index contributed by atoms with van der Waals surface area (Å²) >= 11 is 3.36. The molecule has 1 aromatic carbocycles. The SMILES string of the molecule is CC(=O)c1ccc(Oc2cc(C)[nH]n2)c(Br)c1. The fourth-order valence-electron chi connectivity index (χ4n) is 1.36. The van der Waals surface area contributed by atoms with E-state index < -0.39 is 0 Å². The second kappa shape index (κ2) is 4.71. The van der Waals surface area contributed by atoms with Gasteiger partial charge in [-0.2, -0.15) is 0 Å². The normalized spacial score (nSPS) is 10.3. The second-order valence-electron chi connectivity index (χ2n) is 3.69. The molecule has 1 heterocycles. The zero-order valence-electron chi connectivity index (χ0n) is 9.45. The molecule has 0 amide bonds. The molecule has 1 aromatic heterocycles. The lowest BCUT2D eigenvalue weighted by Crippen LogP contribution is -1.93. The van der Waals surface area contributed by atoms with Crippen molar-refractivity contribution in [3.05, 3.63) is 40.0 Å². The summed E-state index contributed by atoms with van der Waals surface area (Å²) in [4.78, 5) is 11.2. The van der Waals surface area contributed by atoms with E-state index in [1.54, 1.807) is 24.3 Å². The molecule has 17 heavy (non-hydrogen) atoms. The number of benzene rings is 1. The van der Waals surface area contributed by atoms with E-state index in [1.807, 2.05) is 6.92 Å². The summed E-state index contributed by atoms with van der Waals surface area (Å²) in [6, 6.07) is 7.00. The van der Waals surface area contributed by atoms with Gasteiger partial charge in [0.2, 0.25) is 5.88 Å². The third kappa shape index (κ3) is 2.74. The number of ether oxygens (including phenoxy) is 1. The van der Waals surface area contributed by atoms with Crippen molar-refractivity contribution in [1.82, 2.24) is 10.2 Å². The lowest BCUT2D eigenvalue weighted by atomic mass is 10.1. The minimum absolute atomic E-state index is 0.0212. The molecule has 0 atom stereocenters. The van der Waals surface area contributed by atoms with E-state index in [1.165, 1.54) is 6.92 Å². The highest BCUT2D eigenvalue weighted by Crippen LogP contribution is 2.29. The molecule has 0 spiro atoms.